The third-order valence-electron chi connectivity index (χ3n) is 4.65. The second-order valence-corrected chi connectivity index (χ2v) is 6.20. The zero-order chi connectivity index (χ0) is 17.6. The molecule has 0 fully saturated rings. The summed E-state index contributed by atoms with van der Waals surface area (Å²) in [6.45, 7) is 0. The number of hydrogen-bond donors (Lipinski definition) is 1. The third kappa shape index (κ3) is 2.70. The van der Waals surface area contributed by atoms with E-state index in [1.807, 2.05) is 30.3 Å². The van der Waals surface area contributed by atoms with Gasteiger partial charge in [0.05, 0.1) is 13.2 Å². The fourth-order valence-corrected chi connectivity index (χ4v) is 3.38. The maximum absolute atomic E-state index is 14.1. The Labute approximate surface area is 144 Å². The third-order valence-corrected chi connectivity index (χ3v) is 4.65. The zero-order valence-electron chi connectivity index (χ0n) is 13.6. The van der Waals surface area contributed by atoms with Crippen LogP contribution in [-0.4, -0.2) is 13.2 Å². The summed E-state index contributed by atoms with van der Waals surface area (Å²) in [7, 11) is 1.62. The van der Waals surface area contributed by atoms with Crippen LogP contribution in [0.25, 0.3) is 10.8 Å². The number of halogens is 2. The van der Waals surface area contributed by atoms with E-state index in [2.05, 4.69) is 0 Å². The van der Waals surface area contributed by atoms with E-state index in [0.29, 0.717) is 12.2 Å². The summed E-state index contributed by atoms with van der Waals surface area (Å²) in [6.07, 6.45) is -0.127. The Kier molecular flexibility index (Phi) is 3.81. The highest BCUT2D eigenvalue weighted by molar-refractivity contribution is 5.89. The van der Waals surface area contributed by atoms with Crippen molar-refractivity contribution in [2.24, 2.45) is 5.73 Å². The van der Waals surface area contributed by atoms with Gasteiger partial charge in [0.25, 0.3) is 0 Å². The largest absolute Gasteiger partial charge is 0.497 e. The normalized spacial score (nSPS) is 19.4. The minimum Gasteiger partial charge on any atom is -0.497 e. The number of methoxy groups -OCH3 is 1. The van der Waals surface area contributed by atoms with Gasteiger partial charge in [-0.15, -0.1) is 0 Å². The second-order valence-electron chi connectivity index (χ2n) is 6.20. The van der Waals surface area contributed by atoms with Crippen molar-refractivity contribution in [1.29, 1.82) is 0 Å². The van der Waals surface area contributed by atoms with Crippen LogP contribution in [0.5, 0.6) is 11.5 Å². The molecule has 0 spiro atoms. The summed E-state index contributed by atoms with van der Waals surface area (Å²) in [5, 5.41) is 2.06. The number of benzene rings is 3. The molecule has 2 N–H and O–H groups in total. The SMILES string of the molecule is COc1ccc2ccc3c(c2c1)CC(N)[C@@H](c1ccc(F)cc1F)O3. The fourth-order valence-electron chi connectivity index (χ4n) is 3.38. The van der Waals surface area contributed by atoms with E-state index in [9.17, 15) is 8.78 Å². The molecule has 5 heteroatoms. The van der Waals surface area contributed by atoms with Crippen molar-refractivity contribution in [3.63, 3.8) is 0 Å². The lowest BCUT2D eigenvalue weighted by Crippen LogP contribution is -2.38. The van der Waals surface area contributed by atoms with E-state index >= 15 is 0 Å². The van der Waals surface area contributed by atoms with Gasteiger partial charge in [-0.1, -0.05) is 12.1 Å². The van der Waals surface area contributed by atoms with Crippen LogP contribution in [0.3, 0.4) is 0 Å². The molecule has 1 aliphatic rings. The van der Waals surface area contributed by atoms with E-state index in [1.54, 1.807) is 7.11 Å². The summed E-state index contributed by atoms with van der Waals surface area (Å²) in [5.74, 6) is 0.146. The van der Waals surface area contributed by atoms with E-state index in [-0.39, 0.29) is 5.56 Å². The summed E-state index contributed by atoms with van der Waals surface area (Å²) in [6, 6.07) is 12.7. The summed E-state index contributed by atoms with van der Waals surface area (Å²) >= 11 is 0. The van der Waals surface area contributed by atoms with Gasteiger partial charge in [-0.3, -0.25) is 0 Å². The molecule has 3 aromatic rings. The van der Waals surface area contributed by atoms with Crippen molar-refractivity contribution < 1.29 is 18.3 Å². The summed E-state index contributed by atoms with van der Waals surface area (Å²) in [5.41, 5.74) is 7.52. The molecular formula is C20H17F2NO2. The van der Waals surface area contributed by atoms with Gasteiger partial charge in [0.1, 0.15) is 29.2 Å². The Hall–Kier alpha value is -2.66. The van der Waals surface area contributed by atoms with Crippen molar-refractivity contribution >= 4 is 10.8 Å². The zero-order valence-corrected chi connectivity index (χ0v) is 13.6. The first-order chi connectivity index (χ1) is 12.1. The van der Waals surface area contributed by atoms with Crippen LogP contribution in [0.4, 0.5) is 8.78 Å². The molecule has 0 bridgehead atoms. The molecule has 3 nitrogen and oxygen atoms in total. The number of nitrogens with two attached hydrogens (primary N) is 1. The van der Waals surface area contributed by atoms with Crippen LogP contribution in [0.2, 0.25) is 0 Å². The number of rotatable bonds is 2. The highest BCUT2D eigenvalue weighted by Crippen LogP contribution is 2.39. The Morgan fingerprint density at radius 3 is 2.64 bits per heavy atom. The molecule has 0 aromatic heterocycles. The lowest BCUT2D eigenvalue weighted by molar-refractivity contribution is 0.150. The van der Waals surface area contributed by atoms with E-state index in [4.69, 9.17) is 15.2 Å². The van der Waals surface area contributed by atoms with Crippen LogP contribution in [0.1, 0.15) is 17.2 Å². The lowest BCUT2D eigenvalue weighted by atomic mass is 9.90. The first kappa shape index (κ1) is 15.8. The molecule has 1 unspecified atom stereocenters. The van der Waals surface area contributed by atoms with E-state index in [0.717, 1.165) is 28.2 Å². The molecule has 0 saturated heterocycles. The minimum atomic E-state index is -0.656. The molecule has 128 valence electrons. The first-order valence-corrected chi connectivity index (χ1v) is 8.03. The highest BCUT2D eigenvalue weighted by Gasteiger charge is 2.31. The standard InChI is InChI=1S/C20H17F2NO2/c1-24-13-5-2-11-3-7-19-16(15(11)9-13)10-18(23)20(25-19)14-6-4-12(21)8-17(14)22/h2-9,18,20H,10,23H2,1H3/t18?,20-/m1/s1. The maximum Gasteiger partial charge on any atom is 0.142 e. The Morgan fingerprint density at radius 1 is 1.08 bits per heavy atom. The summed E-state index contributed by atoms with van der Waals surface area (Å²) < 4.78 is 38.6. The lowest BCUT2D eigenvalue weighted by Gasteiger charge is -2.32. The topological polar surface area (TPSA) is 44.5 Å². The predicted molar refractivity (Wildman–Crippen MR) is 91.9 cm³/mol. The summed E-state index contributed by atoms with van der Waals surface area (Å²) in [4.78, 5) is 0. The van der Waals surface area contributed by atoms with Crippen LogP contribution in [0.15, 0.2) is 48.5 Å². The van der Waals surface area contributed by atoms with Gasteiger partial charge in [-0.25, -0.2) is 8.78 Å². The van der Waals surface area contributed by atoms with E-state index < -0.39 is 23.8 Å². The van der Waals surface area contributed by atoms with Gasteiger partial charge >= 0.3 is 0 Å². The smallest absolute Gasteiger partial charge is 0.142 e. The Bertz CT molecular complexity index is 958. The van der Waals surface area contributed by atoms with E-state index in [1.165, 1.54) is 12.1 Å². The number of ether oxygens (including phenoxy) is 2. The molecular weight excluding hydrogens is 324 g/mol. The van der Waals surface area contributed by atoms with Gasteiger partial charge in [-0.05, 0) is 47.5 Å². The average Bonchev–Trinajstić information content (AvgIpc) is 2.61. The molecule has 4 rings (SSSR count). The van der Waals surface area contributed by atoms with Crippen LogP contribution in [0, 0.1) is 11.6 Å². The predicted octanol–water partition coefficient (Wildman–Crippen LogP) is 4.13. The van der Waals surface area contributed by atoms with Gasteiger partial charge in [0, 0.05) is 17.2 Å². The Balaban J connectivity index is 1.79. The average molecular weight is 341 g/mol. The fraction of sp³-hybridized carbons (Fsp3) is 0.200. The van der Waals surface area contributed by atoms with Crippen molar-refractivity contribution in [1.82, 2.24) is 0 Å². The highest BCUT2D eigenvalue weighted by atomic mass is 19.1. The molecule has 0 aliphatic carbocycles. The molecule has 0 amide bonds. The van der Waals surface area contributed by atoms with Crippen LogP contribution >= 0.6 is 0 Å². The molecule has 1 heterocycles. The second kappa shape index (κ2) is 6.01. The molecule has 1 aliphatic heterocycles. The first-order valence-electron chi connectivity index (χ1n) is 8.03. The molecule has 3 aromatic carbocycles. The molecule has 0 radical (unpaired) electrons. The quantitative estimate of drug-likeness (QED) is 0.762. The monoisotopic (exact) mass is 341 g/mol. The van der Waals surface area contributed by atoms with Gasteiger partial charge in [0.15, 0.2) is 0 Å². The van der Waals surface area contributed by atoms with Crippen molar-refractivity contribution in [2.45, 2.75) is 18.6 Å². The van der Waals surface area contributed by atoms with Crippen LogP contribution < -0.4 is 15.2 Å². The van der Waals surface area contributed by atoms with Gasteiger partial charge in [0.2, 0.25) is 0 Å². The maximum atomic E-state index is 14.1. The molecule has 0 saturated carbocycles. The molecule has 25 heavy (non-hydrogen) atoms. The Morgan fingerprint density at radius 2 is 1.88 bits per heavy atom. The molecule has 2 atom stereocenters. The van der Waals surface area contributed by atoms with Crippen LogP contribution in [-0.2, 0) is 6.42 Å². The number of fused-ring (bicyclic) bond motifs is 3. The van der Waals surface area contributed by atoms with Crippen molar-refractivity contribution in [3.8, 4) is 11.5 Å². The van der Waals surface area contributed by atoms with Gasteiger partial charge in [-0.2, -0.15) is 0 Å². The van der Waals surface area contributed by atoms with Crippen molar-refractivity contribution in [2.75, 3.05) is 7.11 Å². The minimum absolute atomic E-state index is 0.269. The van der Waals surface area contributed by atoms with Gasteiger partial charge < -0.3 is 15.2 Å². The number of hydrogen-bond acceptors (Lipinski definition) is 3. The van der Waals surface area contributed by atoms with Crippen molar-refractivity contribution in [3.05, 3.63) is 71.3 Å².